The third-order valence-corrected chi connectivity index (χ3v) is 11.0. The number of nitrogens with zero attached hydrogens (tertiary/aromatic N) is 1. The van der Waals surface area contributed by atoms with Crippen molar-refractivity contribution in [3.63, 3.8) is 0 Å². The van der Waals surface area contributed by atoms with E-state index >= 15 is 0 Å². The van der Waals surface area contributed by atoms with E-state index < -0.39 is 8.32 Å². The number of furan rings is 1. The molecule has 4 N–H and O–H groups in total. The molecule has 0 radical (unpaired) electrons. The van der Waals surface area contributed by atoms with Crippen LogP contribution >= 0.6 is 0 Å². The van der Waals surface area contributed by atoms with Crippen molar-refractivity contribution in [1.29, 1.82) is 0 Å². The second-order valence-electron chi connectivity index (χ2n) is 10.3. The Morgan fingerprint density at radius 3 is 2.69 bits per heavy atom. The van der Waals surface area contributed by atoms with Gasteiger partial charge in [0.2, 0.25) is 5.91 Å². The Balaban J connectivity index is 1.67. The lowest BCUT2D eigenvalue weighted by molar-refractivity contribution is -0.120. The van der Waals surface area contributed by atoms with Crippen LogP contribution in [0.15, 0.2) is 59.3 Å². The highest BCUT2D eigenvalue weighted by Gasteiger charge is 2.39. The molecule has 0 saturated heterocycles. The summed E-state index contributed by atoms with van der Waals surface area (Å²) in [6, 6.07) is 14.2. The molecule has 0 saturated carbocycles. The molecule has 0 unspecified atom stereocenters. The normalized spacial score (nSPS) is 12.2. The van der Waals surface area contributed by atoms with Gasteiger partial charge in [0.05, 0.1) is 18.3 Å². The second kappa shape index (κ2) is 9.71. The van der Waals surface area contributed by atoms with E-state index in [-0.39, 0.29) is 17.4 Å². The van der Waals surface area contributed by atoms with Gasteiger partial charge >= 0.3 is 0 Å². The van der Waals surface area contributed by atoms with Crippen LogP contribution in [-0.2, 0) is 11.2 Å². The molecule has 1 amide bonds. The minimum atomic E-state index is -1.97. The van der Waals surface area contributed by atoms with E-state index in [9.17, 15) is 4.79 Å². The average Bonchev–Trinajstić information content (AvgIpc) is 3.13. The first kappa shape index (κ1) is 24.8. The van der Waals surface area contributed by atoms with Crippen LogP contribution in [0.2, 0.25) is 18.1 Å². The van der Waals surface area contributed by atoms with Crippen LogP contribution in [-0.4, -0.2) is 32.3 Å². The number of nitrogens with one attached hydrogen (secondary N) is 2. The summed E-state index contributed by atoms with van der Waals surface area (Å²) < 4.78 is 12.6. The van der Waals surface area contributed by atoms with Gasteiger partial charge in [0, 0.05) is 35.7 Å². The van der Waals surface area contributed by atoms with Crippen molar-refractivity contribution in [2.45, 2.75) is 45.3 Å². The minimum Gasteiger partial charge on any atom is -0.543 e. The van der Waals surface area contributed by atoms with Crippen LogP contribution in [0.4, 0.5) is 11.4 Å². The molecule has 0 fully saturated rings. The SMILES string of the molecule is CC(C)(C)[Si](C)(C)Oc1cccc2cc(Nc3c(CC(=O)NCCN)oc4cnccc34)ccc12. The van der Waals surface area contributed by atoms with Gasteiger partial charge in [0.1, 0.15) is 11.5 Å². The molecule has 4 rings (SSSR count). The smallest absolute Gasteiger partial charge is 0.250 e. The number of amides is 1. The lowest BCUT2D eigenvalue weighted by atomic mass is 10.1. The first-order valence-corrected chi connectivity index (χ1v) is 14.8. The van der Waals surface area contributed by atoms with E-state index in [2.05, 4.69) is 67.7 Å². The van der Waals surface area contributed by atoms with Gasteiger partial charge in [0.25, 0.3) is 8.32 Å². The van der Waals surface area contributed by atoms with Crippen LogP contribution < -0.4 is 20.8 Å². The van der Waals surface area contributed by atoms with Gasteiger partial charge in [-0.1, -0.05) is 32.9 Å². The lowest BCUT2D eigenvalue weighted by Crippen LogP contribution is -2.43. The van der Waals surface area contributed by atoms with Crippen LogP contribution in [0, 0.1) is 0 Å². The van der Waals surface area contributed by atoms with Crippen LogP contribution in [0.1, 0.15) is 26.5 Å². The predicted octanol–water partition coefficient (Wildman–Crippen LogP) is 5.73. The molecule has 184 valence electrons. The number of pyridine rings is 1. The maximum absolute atomic E-state index is 12.4. The number of hydrogen-bond donors (Lipinski definition) is 3. The van der Waals surface area contributed by atoms with Crippen molar-refractivity contribution in [1.82, 2.24) is 10.3 Å². The van der Waals surface area contributed by atoms with E-state index in [1.54, 1.807) is 12.4 Å². The standard InChI is InChI=1S/C27H34N4O3Si/c1-27(2,3)35(4,5)34-22-8-6-7-18-15-19(9-10-20(18)22)31-26-21-11-13-29-17-24(21)33-23(26)16-25(32)30-14-12-28/h6-11,13,15,17,31H,12,14,16,28H2,1-5H3,(H,30,32). The monoisotopic (exact) mass is 490 g/mol. The molecule has 0 bridgehead atoms. The van der Waals surface area contributed by atoms with Crippen LogP contribution in [0.25, 0.3) is 21.7 Å². The maximum atomic E-state index is 12.4. The summed E-state index contributed by atoms with van der Waals surface area (Å²) in [7, 11) is -1.97. The summed E-state index contributed by atoms with van der Waals surface area (Å²) in [4.78, 5) is 16.5. The molecule has 8 heteroatoms. The quantitative estimate of drug-likeness (QED) is 0.273. The molecule has 35 heavy (non-hydrogen) atoms. The second-order valence-corrected chi connectivity index (χ2v) is 15.0. The average molecular weight is 491 g/mol. The zero-order valence-electron chi connectivity index (χ0n) is 21.1. The molecule has 2 aromatic carbocycles. The van der Waals surface area contributed by atoms with Gasteiger partial charge < -0.3 is 25.2 Å². The van der Waals surface area contributed by atoms with E-state index in [0.717, 1.165) is 33.3 Å². The number of fused-ring (bicyclic) bond motifs is 2. The number of nitrogens with two attached hydrogens (primary N) is 1. The first-order chi connectivity index (χ1) is 16.6. The van der Waals surface area contributed by atoms with Crippen LogP contribution in [0.5, 0.6) is 5.75 Å². The molecular formula is C27H34N4O3Si. The fourth-order valence-corrected chi connectivity index (χ4v) is 4.71. The highest BCUT2D eigenvalue weighted by atomic mass is 28.4. The highest BCUT2D eigenvalue weighted by molar-refractivity contribution is 6.74. The van der Waals surface area contributed by atoms with E-state index in [1.165, 1.54) is 0 Å². The Hall–Kier alpha value is -3.36. The summed E-state index contributed by atoms with van der Waals surface area (Å²) in [5.74, 6) is 1.33. The zero-order valence-corrected chi connectivity index (χ0v) is 22.1. The molecule has 7 nitrogen and oxygen atoms in total. The number of hydrogen-bond acceptors (Lipinski definition) is 6. The van der Waals surface area contributed by atoms with Gasteiger partial charge in [-0.05, 0) is 53.9 Å². The van der Waals surface area contributed by atoms with Crippen molar-refractivity contribution >= 4 is 47.3 Å². The summed E-state index contributed by atoms with van der Waals surface area (Å²) in [5.41, 5.74) is 7.79. The Labute approximate surface area is 207 Å². The minimum absolute atomic E-state index is 0.106. The molecule has 0 spiro atoms. The maximum Gasteiger partial charge on any atom is 0.250 e. The topological polar surface area (TPSA) is 102 Å². The molecule has 0 aliphatic carbocycles. The van der Waals surface area contributed by atoms with E-state index in [4.69, 9.17) is 14.6 Å². The fraction of sp³-hybridized carbons (Fsp3) is 0.333. The number of rotatable bonds is 8. The zero-order chi connectivity index (χ0) is 25.2. The predicted molar refractivity (Wildman–Crippen MR) is 145 cm³/mol. The fourth-order valence-electron chi connectivity index (χ4n) is 3.68. The van der Waals surface area contributed by atoms with Crippen molar-refractivity contribution in [3.8, 4) is 5.75 Å². The highest BCUT2D eigenvalue weighted by Crippen LogP contribution is 2.40. The van der Waals surface area contributed by atoms with Crippen molar-refractivity contribution in [3.05, 3.63) is 60.6 Å². The summed E-state index contributed by atoms with van der Waals surface area (Å²) in [6.45, 7) is 12.0. The number of aromatic nitrogens is 1. The number of anilines is 2. The largest absolute Gasteiger partial charge is 0.543 e. The molecule has 2 aromatic heterocycles. The molecule has 2 heterocycles. The third-order valence-electron chi connectivity index (χ3n) is 6.63. The number of carbonyl (C=O) groups excluding carboxylic acids is 1. The van der Waals surface area contributed by atoms with Crippen LogP contribution in [0.3, 0.4) is 0 Å². The Bertz CT molecular complexity index is 1360. The molecule has 0 aliphatic heterocycles. The van der Waals surface area contributed by atoms with Gasteiger partial charge in [-0.3, -0.25) is 9.78 Å². The lowest BCUT2D eigenvalue weighted by Gasteiger charge is -2.36. The Kier molecular flexibility index (Phi) is 6.87. The van der Waals surface area contributed by atoms with Crippen molar-refractivity contribution < 1.29 is 13.6 Å². The van der Waals surface area contributed by atoms with Gasteiger partial charge in [0.15, 0.2) is 5.58 Å². The summed E-state index contributed by atoms with van der Waals surface area (Å²) in [5, 5.41) is 9.41. The van der Waals surface area contributed by atoms with Gasteiger partial charge in [-0.15, -0.1) is 0 Å². The number of benzene rings is 2. The Morgan fingerprint density at radius 1 is 1.14 bits per heavy atom. The van der Waals surface area contributed by atoms with Crippen molar-refractivity contribution in [2.75, 3.05) is 18.4 Å². The molecular weight excluding hydrogens is 456 g/mol. The number of carbonyl (C=O) groups is 1. The van der Waals surface area contributed by atoms with Gasteiger partial charge in [-0.25, -0.2) is 0 Å². The van der Waals surface area contributed by atoms with Crippen molar-refractivity contribution in [2.24, 2.45) is 5.73 Å². The Morgan fingerprint density at radius 2 is 1.94 bits per heavy atom. The first-order valence-electron chi connectivity index (χ1n) is 11.9. The third kappa shape index (κ3) is 5.33. The summed E-state index contributed by atoms with van der Waals surface area (Å²) >= 11 is 0. The summed E-state index contributed by atoms with van der Waals surface area (Å²) in [6.07, 6.45) is 3.48. The molecule has 4 aromatic rings. The molecule has 0 atom stereocenters. The molecule has 0 aliphatic rings. The van der Waals surface area contributed by atoms with Gasteiger partial charge in [-0.2, -0.15) is 0 Å². The van der Waals surface area contributed by atoms with E-state index in [0.29, 0.717) is 24.4 Å². The van der Waals surface area contributed by atoms with E-state index in [1.807, 2.05) is 24.3 Å².